The van der Waals surface area contributed by atoms with Crippen LogP contribution in [0.25, 0.3) is 0 Å². The molecule has 4 rings (SSSR count). The molecule has 0 atom stereocenters. The summed E-state index contributed by atoms with van der Waals surface area (Å²) in [6.45, 7) is 1.89. The fourth-order valence-corrected chi connectivity index (χ4v) is 5.78. The van der Waals surface area contributed by atoms with Crippen LogP contribution in [-0.4, -0.2) is 23.9 Å². The minimum absolute atomic E-state index is 0. The van der Waals surface area contributed by atoms with Crippen molar-refractivity contribution in [1.29, 1.82) is 0 Å². The van der Waals surface area contributed by atoms with E-state index in [1.165, 1.54) is 43.5 Å². The van der Waals surface area contributed by atoms with Crippen LogP contribution in [0, 0.1) is 6.92 Å². The van der Waals surface area contributed by atoms with Crippen LogP contribution in [0.3, 0.4) is 0 Å². The van der Waals surface area contributed by atoms with Crippen LogP contribution in [0.15, 0.2) is 117 Å². The van der Waals surface area contributed by atoms with Crippen LogP contribution in [0.5, 0.6) is 17.2 Å². The molecule has 0 amide bonds. The summed E-state index contributed by atoms with van der Waals surface area (Å²) in [5.41, 5.74) is 0.977. The number of benzene rings is 4. The largest absolute Gasteiger partial charge is 0.497 e. The summed E-state index contributed by atoms with van der Waals surface area (Å²) in [6.07, 6.45) is 0. The molecular weight excluding hydrogens is 496 g/mol. The van der Waals surface area contributed by atoms with Crippen molar-refractivity contribution in [3.05, 3.63) is 103 Å². The summed E-state index contributed by atoms with van der Waals surface area (Å²) in [7, 11) is -5.80. The molecule has 0 radical (unpaired) electrons. The highest BCUT2D eigenvalue weighted by Gasteiger charge is 2.19. The highest BCUT2D eigenvalue weighted by atomic mass is 32.2. The maximum atomic E-state index is 12.8. The van der Waals surface area contributed by atoms with Gasteiger partial charge in [0, 0.05) is 0 Å². The first-order chi connectivity index (χ1) is 16.2. The Morgan fingerprint density at radius 1 is 0.472 bits per heavy atom. The molecule has 4 aromatic rings. The normalized spacial score (nSPS) is 11.1. The second-order valence-corrected chi connectivity index (χ2v) is 11.4. The Bertz CT molecular complexity index is 1490. The zero-order valence-electron chi connectivity index (χ0n) is 18.5. The van der Waals surface area contributed by atoms with E-state index in [0.717, 1.165) is 5.56 Å². The second-order valence-electron chi connectivity index (χ2n) is 7.54. The molecule has 6 nitrogen and oxygen atoms in total. The molecule has 0 spiro atoms. The molecule has 0 heterocycles. The fourth-order valence-electron chi connectivity index (χ4n) is 3.25. The highest BCUT2D eigenvalue weighted by molar-refractivity contribution is 7.91. The van der Waals surface area contributed by atoms with Crippen molar-refractivity contribution in [2.75, 3.05) is 7.11 Å². The van der Waals surface area contributed by atoms with Gasteiger partial charge in [0.15, 0.2) is 0 Å². The molecule has 0 aliphatic heterocycles. The molecule has 8 heteroatoms. The van der Waals surface area contributed by atoms with Gasteiger partial charge in [-0.3, -0.25) is 0 Å². The highest BCUT2D eigenvalue weighted by Crippen LogP contribution is 2.29. The van der Waals surface area contributed by atoms with Gasteiger partial charge in [-0.2, -0.15) is 0 Å². The second kappa shape index (κ2) is 11.4. The topological polar surface area (TPSA) is 86.7 Å². The number of sulfone groups is 2. The van der Waals surface area contributed by atoms with Crippen molar-refractivity contribution in [1.82, 2.24) is 0 Å². The lowest BCUT2D eigenvalue weighted by atomic mass is 10.2. The van der Waals surface area contributed by atoms with Gasteiger partial charge in [-0.05, 0) is 91.9 Å². The molecule has 0 aliphatic rings. The van der Waals surface area contributed by atoms with Gasteiger partial charge in [0.05, 0.1) is 26.7 Å². The quantitative estimate of drug-likeness (QED) is 0.265. The van der Waals surface area contributed by atoms with Gasteiger partial charge < -0.3 is 9.47 Å². The molecule has 0 saturated heterocycles. The third kappa shape index (κ3) is 5.95. The first-order valence-electron chi connectivity index (χ1n) is 10.3. The number of hydrogen-bond donors (Lipinski definition) is 0. The Morgan fingerprint density at radius 2 is 0.750 bits per heavy atom. The lowest BCUT2D eigenvalue weighted by Gasteiger charge is -2.09. The summed E-state index contributed by atoms with van der Waals surface area (Å²) in [5, 5.41) is 0. The molecule has 190 valence electrons. The number of methoxy groups -OCH3 is 1. The third-order valence-electron chi connectivity index (χ3n) is 5.20. The molecule has 0 bridgehead atoms. The maximum absolute atomic E-state index is 12.8. The molecule has 0 saturated carbocycles. The Labute approximate surface area is 214 Å². The average Bonchev–Trinajstić information content (AvgIpc) is 2.85. The molecule has 0 unspecified atom stereocenters. The average molecular weight is 527 g/mol. The van der Waals surface area contributed by atoms with Gasteiger partial charge >= 0.3 is 0 Å². The van der Waals surface area contributed by atoms with Gasteiger partial charge in [0.2, 0.25) is 19.7 Å². The summed E-state index contributed by atoms with van der Waals surface area (Å²) < 4.78 is 62.1. The SMILES string of the molecule is C.C.COc1ccc(S(=O)(=O)c2ccc(Oc3ccc(S(=O)(=O)c4ccc(C)cc4)cc3)cc2)cc1. The van der Waals surface area contributed by atoms with E-state index < -0.39 is 19.7 Å². The Balaban J connectivity index is 0.00000228. The Morgan fingerprint density at radius 3 is 1.06 bits per heavy atom. The fraction of sp³-hybridized carbons (Fsp3) is 0.143. The number of hydrogen-bond acceptors (Lipinski definition) is 6. The number of rotatable bonds is 7. The standard InChI is InChI=1S/C26H22O6S2.2CH4/c1-19-3-11-23(12-4-19)33(27,28)25-15-7-21(8-16-25)32-22-9-17-26(18-10-22)34(29,30)24-13-5-20(31-2)6-14-24;;/h3-18H,1-2H3;2*1H4. The van der Waals surface area contributed by atoms with Gasteiger partial charge in [-0.25, -0.2) is 16.8 Å². The van der Waals surface area contributed by atoms with Crippen molar-refractivity contribution in [2.24, 2.45) is 0 Å². The van der Waals surface area contributed by atoms with Crippen LogP contribution in [0.2, 0.25) is 0 Å². The van der Waals surface area contributed by atoms with Crippen LogP contribution in [0.4, 0.5) is 0 Å². The Hall–Kier alpha value is -3.62. The van der Waals surface area contributed by atoms with E-state index in [4.69, 9.17) is 9.47 Å². The van der Waals surface area contributed by atoms with E-state index in [1.807, 2.05) is 6.92 Å². The molecule has 36 heavy (non-hydrogen) atoms. The van der Waals surface area contributed by atoms with Crippen LogP contribution < -0.4 is 9.47 Å². The minimum Gasteiger partial charge on any atom is -0.497 e. The van der Waals surface area contributed by atoms with Crippen LogP contribution >= 0.6 is 0 Å². The van der Waals surface area contributed by atoms with Crippen molar-refractivity contribution in [2.45, 2.75) is 41.4 Å². The smallest absolute Gasteiger partial charge is 0.206 e. The first-order valence-corrected chi connectivity index (χ1v) is 13.3. The monoisotopic (exact) mass is 526 g/mol. The lowest BCUT2D eigenvalue weighted by molar-refractivity contribution is 0.414. The van der Waals surface area contributed by atoms with Crippen molar-refractivity contribution >= 4 is 19.7 Å². The van der Waals surface area contributed by atoms with Crippen molar-refractivity contribution in [3.8, 4) is 17.2 Å². The molecule has 0 aromatic heterocycles. The van der Waals surface area contributed by atoms with Crippen molar-refractivity contribution in [3.63, 3.8) is 0 Å². The first kappa shape index (κ1) is 28.6. The van der Waals surface area contributed by atoms with Crippen LogP contribution in [-0.2, 0) is 19.7 Å². The van der Waals surface area contributed by atoms with E-state index in [2.05, 4.69) is 0 Å². The summed E-state index contributed by atoms with van der Waals surface area (Å²) in [5.74, 6) is 1.41. The predicted octanol–water partition coefficient (Wildman–Crippen LogP) is 6.73. The number of aryl methyl sites for hydroxylation is 1. The minimum atomic E-state index is -3.68. The van der Waals surface area contributed by atoms with E-state index in [9.17, 15) is 16.8 Å². The summed E-state index contributed by atoms with van der Waals surface area (Å²) in [4.78, 5) is 0.668. The molecule has 4 aromatic carbocycles. The van der Waals surface area contributed by atoms with E-state index in [0.29, 0.717) is 17.2 Å². The van der Waals surface area contributed by atoms with Crippen LogP contribution in [0.1, 0.15) is 20.4 Å². The zero-order valence-corrected chi connectivity index (χ0v) is 20.1. The zero-order chi connectivity index (χ0) is 24.3. The number of ether oxygens (including phenoxy) is 2. The van der Waals surface area contributed by atoms with Gasteiger partial charge in [-0.15, -0.1) is 0 Å². The lowest BCUT2D eigenvalue weighted by Crippen LogP contribution is -2.02. The maximum Gasteiger partial charge on any atom is 0.206 e. The molecule has 0 N–H and O–H groups in total. The molecule has 0 aliphatic carbocycles. The van der Waals surface area contributed by atoms with Gasteiger partial charge in [0.1, 0.15) is 17.2 Å². The van der Waals surface area contributed by atoms with E-state index >= 15 is 0 Å². The predicted molar refractivity (Wildman–Crippen MR) is 141 cm³/mol. The summed E-state index contributed by atoms with van der Waals surface area (Å²) >= 11 is 0. The molecule has 0 fully saturated rings. The molecular formula is C28H30O6S2. The van der Waals surface area contributed by atoms with E-state index in [1.54, 1.807) is 60.7 Å². The van der Waals surface area contributed by atoms with Gasteiger partial charge in [0.25, 0.3) is 0 Å². The van der Waals surface area contributed by atoms with Crippen molar-refractivity contribution < 1.29 is 26.3 Å². The summed E-state index contributed by atoms with van der Waals surface area (Å²) in [6, 6.07) is 24.9. The van der Waals surface area contributed by atoms with E-state index in [-0.39, 0.29) is 34.4 Å². The Kier molecular flexibility index (Phi) is 9.07. The third-order valence-corrected chi connectivity index (χ3v) is 8.78. The van der Waals surface area contributed by atoms with Gasteiger partial charge in [-0.1, -0.05) is 32.5 Å².